The number of nitrogens with one attached hydrogen (secondary N) is 1. The minimum Gasteiger partial charge on any atom is -0.361 e. The van der Waals surface area contributed by atoms with Crippen LogP contribution in [0.4, 0.5) is 0 Å². The summed E-state index contributed by atoms with van der Waals surface area (Å²) in [6.07, 6.45) is 3.47. The lowest BCUT2D eigenvalue weighted by Crippen LogP contribution is -2.08. The van der Waals surface area contributed by atoms with Gasteiger partial charge in [-0.15, -0.1) is 0 Å². The van der Waals surface area contributed by atoms with E-state index in [9.17, 15) is 0 Å². The van der Waals surface area contributed by atoms with Gasteiger partial charge in [0.15, 0.2) is 0 Å². The molecular formula is C15H19NS5. The van der Waals surface area contributed by atoms with Gasteiger partial charge in [-0.3, -0.25) is 0 Å². The van der Waals surface area contributed by atoms with Crippen molar-refractivity contribution in [2.45, 2.75) is 35.9 Å². The molecule has 2 heterocycles. The van der Waals surface area contributed by atoms with E-state index in [2.05, 4.69) is 67.0 Å². The Morgan fingerprint density at radius 2 is 2.00 bits per heavy atom. The van der Waals surface area contributed by atoms with Crippen molar-refractivity contribution in [3.05, 3.63) is 36.0 Å². The summed E-state index contributed by atoms with van der Waals surface area (Å²) in [6.45, 7) is 6.98. The van der Waals surface area contributed by atoms with Crippen molar-refractivity contribution in [3.63, 3.8) is 0 Å². The van der Waals surface area contributed by atoms with Crippen LogP contribution in [0.15, 0.2) is 30.5 Å². The second-order valence-corrected chi connectivity index (χ2v) is 13.6. The molecule has 21 heavy (non-hydrogen) atoms. The predicted molar refractivity (Wildman–Crippen MR) is 107 cm³/mol. The molecular weight excluding hydrogens is 355 g/mol. The summed E-state index contributed by atoms with van der Waals surface area (Å²) in [5.41, 5.74) is 2.65. The van der Waals surface area contributed by atoms with Gasteiger partial charge in [-0.2, -0.15) is 0 Å². The average molecular weight is 374 g/mol. The standard InChI is InChI=1S/C15H19NS5/c1-10(2)8-14-17-19-15(3,20-21-18-14)12-9-16-13-7-5-4-6-11(12)13/h4-7,9-10,14,16H,8H2,1-3H3/t14-,15+/m1/s1. The highest BCUT2D eigenvalue weighted by Crippen LogP contribution is 2.66. The summed E-state index contributed by atoms with van der Waals surface area (Å²) in [5.74, 6) is 0.763. The van der Waals surface area contributed by atoms with Crippen molar-refractivity contribution in [2.75, 3.05) is 0 Å². The molecule has 6 heteroatoms. The second-order valence-electron chi connectivity index (χ2n) is 5.68. The third-order valence-electron chi connectivity index (χ3n) is 3.40. The van der Waals surface area contributed by atoms with E-state index in [0.717, 1.165) is 5.92 Å². The molecule has 1 saturated heterocycles. The molecule has 114 valence electrons. The number of fused-ring (bicyclic) bond motifs is 1. The summed E-state index contributed by atoms with van der Waals surface area (Å²) in [5, 5.41) is 1.36. The summed E-state index contributed by atoms with van der Waals surface area (Å²) >= 11 is 0. The normalized spacial score (nSPS) is 27.1. The zero-order valence-corrected chi connectivity index (χ0v) is 16.4. The Labute approximate surface area is 146 Å². The first kappa shape index (κ1) is 16.4. The molecule has 0 spiro atoms. The van der Waals surface area contributed by atoms with E-state index in [1.54, 1.807) is 0 Å². The lowest BCUT2D eigenvalue weighted by atomic mass is 10.1. The van der Waals surface area contributed by atoms with Crippen LogP contribution in [0.2, 0.25) is 0 Å². The zero-order chi connectivity index (χ0) is 14.9. The van der Waals surface area contributed by atoms with Crippen molar-refractivity contribution in [1.29, 1.82) is 0 Å². The van der Waals surface area contributed by atoms with E-state index < -0.39 is 0 Å². The first-order chi connectivity index (χ1) is 10.1. The lowest BCUT2D eigenvalue weighted by molar-refractivity contribution is 0.621. The Morgan fingerprint density at radius 3 is 2.81 bits per heavy atom. The molecule has 2 aromatic rings. The van der Waals surface area contributed by atoms with Crippen molar-refractivity contribution < 1.29 is 0 Å². The van der Waals surface area contributed by atoms with E-state index in [1.165, 1.54) is 22.9 Å². The number of hydrogen-bond acceptors (Lipinski definition) is 5. The minimum absolute atomic E-state index is 0.0909. The van der Waals surface area contributed by atoms with Crippen LogP contribution in [0.3, 0.4) is 0 Å². The predicted octanol–water partition coefficient (Wildman–Crippen LogP) is 7.14. The summed E-state index contributed by atoms with van der Waals surface area (Å²) in [7, 11) is 10.1. The van der Waals surface area contributed by atoms with E-state index in [4.69, 9.17) is 0 Å². The van der Waals surface area contributed by atoms with Gasteiger partial charge in [0.05, 0.1) is 4.58 Å². The molecule has 0 amide bonds. The highest BCUT2D eigenvalue weighted by Gasteiger charge is 2.36. The van der Waals surface area contributed by atoms with Gasteiger partial charge in [0.2, 0.25) is 0 Å². The first-order valence-electron chi connectivity index (χ1n) is 7.01. The maximum Gasteiger partial charge on any atom is 0.107 e. The van der Waals surface area contributed by atoms with Gasteiger partial charge in [-0.05, 0) is 35.2 Å². The van der Waals surface area contributed by atoms with Crippen molar-refractivity contribution in [2.24, 2.45) is 5.92 Å². The average Bonchev–Trinajstić information content (AvgIpc) is 2.80. The number of para-hydroxylation sites is 1. The third-order valence-corrected chi connectivity index (χ3v) is 13.4. The molecule has 3 rings (SSSR count). The van der Waals surface area contributed by atoms with Gasteiger partial charge < -0.3 is 4.98 Å². The number of H-pyrrole nitrogens is 1. The fraction of sp³-hybridized carbons (Fsp3) is 0.467. The molecule has 1 aromatic heterocycles. The smallest absolute Gasteiger partial charge is 0.107 e. The van der Waals surface area contributed by atoms with Crippen LogP contribution in [0.1, 0.15) is 32.8 Å². The molecule has 1 aromatic carbocycles. The largest absolute Gasteiger partial charge is 0.361 e. The third kappa shape index (κ3) is 3.71. The topological polar surface area (TPSA) is 15.8 Å². The van der Waals surface area contributed by atoms with Crippen molar-refractivity contribution in [1.82, 2.24) is 4.98 Å². The van der Waals surface area contributed by atoms with Crippen LogP contribution in [0, 0.1) is 5.92 Å². The fourth-order valence-electron chi connectivity index (χ4n) is 2.30. The number of aromatic nitrogens is 1. The van der Waals surface area contributed by atoms with Gasteiger partial charge in [-0.25, -0.2) is 0 Å². The van der Waals surface area contributed by atoms with Gasteiger partial charge in [0.25, 0.3) is 0 Å². The lowest BCUT2D eigenvalue weighted by Gasteiger charge is -2.24. The van der Waals surface area contributed by atoms with Crippen molar-refractivity contribution >= 4 is 63.9 Å². The Morgan fingerprint density at radius 1 is 1.19 bits per heavy atom. The number of hydrogen-bond donors (Lipinski definition) is 1. The van der Waals surface area contributed by atoms with Crippen LogP contribution in [-0.2, 0) is 4.08 Å². The monoisotopic (exact) mass is 373 g/mol. The molecule has 1 aliphatic heterocycles. The van der Waals surface area contributed by atoms with Crippen LogP contribution in [0.25, 0.3) is 10.9 Å². The summed E-state index contributed by atoms with van der Waals surface area (Å²) < 4.78 is 0.771. The highest BCUT2D eigenvalue weighted by molar-refractivity contribution is 9.13. The zero-order valence-electron chi connectivity index (χ0n) is 12.3. The molecule has 0 radical (unpaired) electrons. The van der Waals surface area contributed by atoms with E-state index >= 15 is 0 Å². The molecule has 0 aliphatic carbocycles. The van der Waals surface area contributed by atoms with Crippen molar-refractivity contribution in [3.8, 4) is 0 Å². The van der Waals surface area contributed by atoms with Crippen LogP contribution in [-0.4, -0.2) is 9.57 Å². The van der Waals surface area contributed by atoms with E-state index in [-0.39, 0.29) is 4.08 Å². The van der Waals surface area contributed by atoms with Crippen LogP contribution >= 0.6 is 53.0 Å². The van der Waals surface area contributed by atoms with Crippen LogP contribution in [0.5, 0.6) is 0 Å². The van der Waals surface area contributed by atoms with Crippen LogP contribution < -0.4 is 0 Å². The second kappa shape index (κ2) is 6.95. The number of benzene rings is 1. The Balaban J connectivity index is 1.84. The van der Waals surface area contributed by atoms with Gasteiger partial charge in [-0.1, -0.05) is 75.2 Å². The Hall–Kier alpha value is 0.510. The van der Waals surface area contributed by atoms with Gasteiger partial charge >= 0.3 is 0 Å². The molecule has 1 nitrogen and oxygen atoms in total. The number of aromatic amines is 1. The van der Waals surface area contributed by atoms with Gasteiger partial charge in [0.1, 0.15) is 4.08 Å². The first-order valence-corrected chi connectivity index (χ1v) is 12.8. The Bertz CT molecular complexity index is 611. The maximum absolute atomic E-state index is 3.42. The van der Waals surface area contributed by atoms with E-state index in [0.29, 0.717) is 4.58 Å². The summed E-state index contributed by atoms with van der Waals surface area (Å²) in [4.78, 5) is 3.42. The summed E-state index contributed by atoms with van der Waals surface area (Å²) in [6, 6.07) is 8.61. The van der Waals surface area contributed by atoms with Gasteiger partial charge in [0, 0.05) is 22.7 Å². The van der Waals surface area contributed by atoms with E-state index in [1.807, 2.05) is 42.2 Å². The maximum atomic E-state index is 3.42. The SMILES string of the molecule is CC(C)C[C@H]1SSS[C@@](C)(c2c[nH]c3ccccc23)SS1. The number of rotatable bonds is 3. The molecule has 0 unspecified atom stereocenters. The molecule has 1 fully saturated rings. The Kier molecular flexibility index (Phi) is 5.42. The molecule has 1 N–H and O–H groups in total. The quantitative estimate of drug-likeness (QED) is 0.574. The highest BCUT2D eigenvalue weighted by atomic mass is 33.5. The fourth-order valence-corrected chi connectivity index (χ4v) is 14.0. The minimum atomic E-state index is 0.0909. The molecule has 0 bridgehead atoms. The molecule has 1 aliphatic rings. The molecule has 2 atom stereocenters. The molecule has 0 saturated carbocycles.